The fourth-order valence-corrected chi connectivity index (χ4v) is 2.20. The van der Waals surface area contributed by atoms with Gasteiger partial charge in [-0.25, -0.2) is 0 Å². The van der Waals surface area contributed by atoms with Crippen LogP contribution in [0.25, 0.3) is 0 Å². The number of benzene rings is 1. The molecule has 6 heteroatoms. The molecule has 2 N–H and O–H groups in total. The highest BCUT2D eigenvalue weighted by Gasteiger charge is 2.20. The first kappa shape index (κ1) is 10.6. The quantitative estimate of drug-likeness (QED) is 0.744. The third-order valence-corrected chi connectivity index (χ3v) is 3.18. The Labute approximate surface area is 104 Å². The summed E-state index contributed by atoms with van der Waals surface area (Å²) in [6.07, 6.45) is 1.74. The second-order valence-electron chi connectivity index (χ2n) is 4.21. The van der Waals surface area contributed by atoms with Gasteiger partial charge in [-0.05, 0) is 12.1 Å². The van der Waals surface area contributed by atoms with Crippen LogP contribution in [0.5, 0.6) is 0 Å². The van der Waals surface area contributed by atoms with E-state index in [1.54, 1.807) is 12.4 Å². The zero-order valence-electron chi connectivity index (χ0n) is 9.74. The van der Waals surface area contributed by atoms with Gasteiger partial charge in [0.15, 0.2) is 5.82 Å². The molecule has 0 aliphatic carbocycles. The summed E-state index contributed by atoms with van der Waals surface area (Å²) in [5.74, 6) is 0.919. The Hall–Kier alpha value is -2.55. The number of nitrogen functional groups attached to an aromatic ring is 1. The van der Waals surface area contributed by atoms with Gasteiger partial charge in [-0.1, -0.05) is 6.07 Å². The molecule has 0 atom stereocenters. The topological polar surface area (TPSA) is 83.8 Å². The van der Waals surface area contributed by atoms with Crippen molar-refractivity contribution in [2.24, 2.45) is 0 Å². The van der Waals surface area contributed by atoms with E-state index in [2.05, 4.69) is 21.2 Å². The molecule has 0 radical (unpaired) electrons. The summed E-state index contributed by atoms with van der Waals surface area (Å²) < 4.78 is 2.03. The number of para-hydroxylation sites is 1. The molecular formula is C12H12N6. The van der Waals surface area contributed by atoms with Gasteiger partial charge >= 0.3 is 0 Å². The van der Waals surface area contributed by atoms with Crippen molar-refractivity contribution in [1.29, 1.82) is 5.26 Å². The Morgan fingerprint density at radius 3 is 3.06 bits per heavy atom. The Morgan fingerprint density at radius 2 is 2.22 bits per heavy atom. The molecule has 0 amide bonds. The number of hydrogen-bond acceptors (Lipinski definition) is 5. The van der Waals surface area contributed by atoms with Gasteiger partial charge in [0, 0.05) is 13.1 Å². The standard InChI is InChI=1S/C12H12N6/c13-6-9-2-1-3-10(12(9)14)17-4-5-18-8-15-16-11(18)7-17/h1-3,8H,4-5,7,14H2. The Morgan fingerprint density at radius 1 is 1.33 bits per heavy atom. The summed E-state index contributed by atoms with van der Waals surface area (Å²) in [4.78, 5) is 2.13. The lowest BCUT2D eigenvalue weighted by molar-refractivity contribution is 0.560. The Kier molecular flexibility index (Phi) is 2.38. The van der Waals surface area contributed by atoms with E-state index in [9.17, 15) is 0 Å². The minimum absolute atomic E-state index is 0.513. The summed E-state index contributed by atoms with van der Waals surface area (Å²) in [6, 6.07) is 7.62. The fourth-order valence-electron chi connectivity index (χ4n) is 2.20. The number of rotatable bonds is 1. The molecule has 0 saturated heterocycles. The normalized spacial score (nSPS) is 14.1. The lowest BCUT2D eigenvalue weighted by atomic mass is 10.1. The van der Waals surface area contributed by atoms with Crippen LogP contribution in [0.1, 0.15) is 11.4 Å². The van der Waals surface area contributed by atoms with Gasteiger partial charge in [-0.2, -0.15) is 5.26 Å². The second-order valence-corrected chi connectivity index (χ2v) is 4.21. The summed E-state index contributed by atoms with van der Waals surface area (Å²) in [5, 5.41) is 17.0. The first-order valence-corrected chi connectivity index (χ1v) is 5.70. The number of anilines is 2. The lowest BCUT2D eigenvalue weighted by Gasteiger charge is -2.30. The molecule has 6 nitrogen and oxygen atoms in total. The third kappa shape index (κ3) is 1.57. The van der Waals surface area contributed by atoms with Crippen molar-refractivity contribution in [3.05, 3.63) is 35.9 Å². The van der Waals surface area contributed by atoms with Crippen LogP contribution in [-0.4, -0.2) is 21.3 Å². The SMILES string of the molecule is N#Cc1cccc(N2CCn3cnnc3C2)c1N. The van der Waals surface area contributed by atoms with E-state index in [1.165, 1.54) is 0 Å². The first-order valence-electron chi connectivity index (χ1n) is 5.70. The molecule has 2 heterocycles. The highest BCUT2D eigenvalue weighted by atomic mass is 15.3. The Balaban J connectivity index is 1.96. The van der Waals surface area contributed by atoms with Gasteiger partial charge in [-0.15, -0.1) is 10.2 Å². The van der Waals surface area contributed by atoms with Crippen LogP contribution in [0, 0.1) is 11.3 Å². The Bertz CT molecular complexity index is 624. The number of nitriles is 1. The molecule has 0 bridgehead atoms. The van der Waals surface area contributed by atoms with Gasteiger partial charge in [0.05, 0.1) is 23.5 Å². The number of hydrogen-bond donors (Lipinski definition) is 1. The summed E-state index contributed by atoms with van der Waals surface area (Å²) in [6.45, 7) is 2.34. The van der Waals surface area contributed by atoms with Gasteiger partial charge in [0.25, 0.3) is 0 Å². The monoisotopic (exact) mass is 240 g/mol. The van der Waals surface area contributed by atoms with Crippen LogP contribution in [-0.2, 0) is 13.1 Å². The summed E-state index contributed by atoms with van der Waals surface area (Å²) in [5.41, 5.74) is 7.95. The average Bonchev–Trinajstić information content (AvgIpc) is 2.86. The van der Waals surface area contributed by atoms with E-state index >= 15 is 0 Å². The number of fused-ring (bicyclic) bond motifs is 1. The van der Waals surface area contributed by atoms with Gasteiger partial charge in [0.2, 0.25) is 0 Å². The smallest absolute Gasteiger partial charge is 0.152 e. The molecule has 90 valence electrons. The molecule has 18 heavy (non-hydrogen) atoms. The number of nitrogens with zero attached hydrogens (tertiary/aromatic N) is 5. The minimum atomic E-state index is 0.513. The fraction of sp³-hybridized carbons (Fsp3) is 0.250. The molecule has 0 saturated carbocycles. The van der Waals surface area contributed by atoms with Crippen LogP contribution < -0.4 is 10.6 Å². The van der Waals surface area contributed by atoms with Crippen molar-refractivity contribution in [3.8, 4) is 6.07 Å². The van der Waals surface area contributed by atoms with E-state index in [-0.39, 0.29) is 0 Å². The van der Waals surface area contributed by atoms with Crippen molar-refractivity contribution < 1.29 is 0 Å². The molecular weight excluding hydrogens is 228 g/mol. The molecule has 3 rings (SSSR count). The highest BCUT2D eigenvalue weighted by Crippen LogP contribution is 2.28. The molecule has 0 unspecified atom stereocenters. The van der Waals surface area contributed by atoms with Crippen LogP contribution in [0.3, 0.4) is 0 Å². The molecule has 1 aromatic heterocycles. The van der Waals surface area contributed by atoms with Gasteiger partial charge < -0.3 is 15.2 Å². The first-order chi connectivity index (χ1) is 8.79. The second kappa shape index (κ2) is 4.04. The van der Waals surface area contributed by atoms with Crippen LogP contribution >= 0.6 is 0 Å². The van der Waals surface area contributed by atoms with E-state index < -0.39 is 0 Å². The van der Waals surface area contributed by atoms with E-state index in [0.717, 1.165) is 24.6 Å². The molecule has 0 fully saturated rings. The number of nitrogens with two attached hydrogens (primary N) is 1. The van der Waals surface area contributed by atoms with Crippen LogP contribution in [0.4, 0.5) is 11.4 Å². The molecule has 1 aromatic carbocycles. The zero-order chi connectivity index (χ0) is 12.5. The van der Waals surface area contributed by atoms with Gasteiger partial charge in [0.1, 0.15) is 12.4 Å². The van der Waals surface area contributed by atoms with Crippen LogP contribution in [0.15, 0.2) is 24.5 Å². The molecule has 1 aliphatic rings. The molecule has 1 aliphatic heterocycles. The average molecular weight is 240 g/mol. The molecule has 2 aromatic rings. The number of aromatic nitrogens is 3. The zero-order valence-corrected chi connectivity index (χ0v) is 9.74. The van der Waals surface area contributed by atoms with Crippen LogP contribution in [0.2, 0.25) is 0 Å². The largest absolute Gasteiger partial charge is 0.396 e. The van der Waals surface area contributed by atoms with Crippen molar-refractivity contribution >= 4 is 11.4 Å². The van der Waals surface area contributed by atoms with Crippen molar-refractivity contribution in [3.63, 3.8) is 0 Å². The van der Waals surface area contributed by atoms with Crippen molar-refractivity contribution in [2.45, 2.75) is 13.1 Å². The summed E-state index contributed by atoms with van der Waals surface area (Å²) >= 11 is 0. The highest BCUT2D eigenvalue weighted by molar-refractivity contribution is 5.74. The van der Waals surface area contributed by atoms with Crippen molar-refractivity contribution in [1.82, 2.24) is 14.8 Å². The maximum absolute atomic E-state index is 8.99. The predicted octanol–water partition coefficient (Wildman–Crippen LogP) is 0.752. The maximum atomic E-state index is 8.99. The van der Waals surface area contributed by atoms with Crippen molar-refractivity contribution in [2.75, 3.05) is 17.2 Å². The lowest BCUT2D eigenvalue weighted by Crippen LogP contribution is -2.34. The predicted molar refractivity (Wildman–Crippen MR) is 66.6 cm³/mol. The van der Waals surface area contributed by atoms with Gasteiger partial charge in [-0.3, -0.25) is 0 Å². The van der Waals surface area contributed by atoms with E-state index in [4.69, 9.17) is 11.0 Å². The minimum Gasteiger partial charge on any atom is -0.396 e. The summed E-state index contributed by atoms with van der Waals surface area (Å²) in [7, 11) is 0. The molecule has 0 spiro atoms. The van der Waals surface area contributed by atoms with E-state index in [1.807, 2.05) is 16.7 Å². The van der Waals surface area contributed by atoms with E-state index in [0.29, 0.717) is 17.8 Å². The maximum Gasteiger partial charge on any atom is 0.152 e. The third-order valence-electron chi connectivity index (χ3n) is 3.18.